The smallest absolute Gasteiger partial charge is 0.236 e. The van der Waals surface area contributed by atoms with E-state index in [0.29, 0.717) is 24.8 Å². The fourth-order valence-electron chi connectivity index (χ4n) is 5.90. The Morgan fingerprint density at radius 1 is 1.27 bits per heavy atom. The molecule has 2 aliphatic carbocycles. The fourth-order valence-corrected chi connectivity index (χ4v) is 5.90. The van der Waals surface area contributed by atoms with Crippen molar-refractivity contribution >= 4 is 5.91 Å². The zero-order chi connectivity index (χ0) is 23.2. The fraction of sp³-hybridized carbons (Fsp3) is 0.607. The Morgan fingerprint density at radius 2 is 2.09 bits per heavy atom. The van der Waals surface area contributed by atoms with Crippen LogP contribution in [-0.2, 0) is 11.2 Å². The van der Waals surface area contributed by atoms with E-state index in [9.17, 15) is 15.0 Å². The molecular weight excluding hydrogens is 412 g/mol. The number of carbonyl (C=O) groups excluding carboxylic acids is 1. The molecule has 2 fully saturated rings. The number of allylic oxidation sites excluding steroid dienone is 1. The molecule has 1 amide bonds. The van der Waals surface area contributed by atoms with Crippen LogP contribution in [0.3, 0.4) is 0 Å². The van der Waals surface area contributed by atoms with E-state index in [0.717, 1.165) is 57.3 Å². The summed E-state index contributed by atoms with van der Waals surface area (Å²) in [5.41, 5.74) is 3.77. The third-order valence-corrected chi connectivity index (χ3v) is 7.64. The predicted octanol–water partition coefficient (Wildman–Crippen LogP) is 3.39. The number of nitrogens with zero attached hydrogens (tertiary/aromatic N) is 1. The monoisotopic (exact) mass is 452 g/mol. The van der Waals surface area contributed by atoms with Gasteiger partial charge in [-0.05, 0) is 69.4 Å². The Labute approximate surface area is 198 Å². The van der Waals surface area contributed by atoms with Gasteiger partial charge in [0.15, 0.2) is 0 Å². The quantitative estimate of drug-likeness (QED) is 0.397. The molecule has 180 valence electrons. The van der Waals surface area contributed by atoms with E-state index in [1.54, 1.807) is 0 Å². The standard InChI is InChI=1S/C28H40N2O3/c1-20-6-5-7-21(14-20)16-24(31)8-9-25-26-17-22(15-23(26)18-27(25)32)10-11-29-19-28(33)30-12-3-2-4-13-30/h5-9,14-15,23-27,29,31-32H,2-4,10-13,16-19H2,1H3/b9-8+/t23-,24+,25+,26-,27+/m0/s1. The first-order valence-electron chi connectivity index (χ1n) is 12.8. The van der Waals surface area contributed by atoms with Gasteiger partial charge in [-0.25, -0.2) is 0 Å². The number of piperidine rings is 1. The number of likely N-dealkylation sites (tertiary alicyclic amines) is 1. The molecule has 1 saturated carbocycles. The van der Waals surface area contributed by atoms with Gasteiger partial charge in [0.25, 0.3) is 0 Å². The Kier molecular flexibility index (Phi) is 8.39. The van der Waals surface area contributed by atoms with Crippen molar-refractivity contribution in [3.63, 3.8) is 0 Å². The van der Waals surface area contributed by atoms with E-state index in [4.69, 9.17) is 0 Å². The molecule has 1 aromatic rings. The van der Waals surface area contributed by atoms with Gasteiger partial charge >= 0.3 is 0 Å². The summed E-state index contributed by atoms with van der Waals surface area (Å²) in [6.45, 7) is 5.14. The van der Waals surface area contributed by atoms with Crippen LogP contribution >= 0.6 is 0 Å². The average molecular weight is 453 g/mol. The highest BCUT2D eigenvalue weighted by atomic mass is 16.3. The molecule has 0 aromatic heterocycles. The number of aliphatic hydroxyl groups is 2. The van der Waals surface area contributed by atoms with Gasteiger partial charge in [0.2, 0.25) is 5.91 Å². The van der Waals surface area contributed by atoms with Gasteiger partial charge in [-0.3, -0.25) is 4.79 Å². The Morgan fingerprint density at radius 3 is 2.88 bits per heavy atom. The molecule has 5 nitrogen and oxygen atoms in total. The van der Waals surface area contributed by atoms with Crippen molar-refractivity contribution in [1.29, 1.82) is 0 Å². The van der Waals surface area contributed by atoms with Crippen LogP contribution in [0.5, 0.6) is 0 Å². The number of nitrogens with one attached hydrogen (secondary N) is 1. The van der Waals surface area contributed by atoms with Crippen molar-refractivity contribution in [1.82, 2.24) is 10.2 Å². The maximum Gasteiger partial charge on any atom is 0.236 e. The molecule has 3 N–H and O–H groups in total. The number of fused-ring (bicyclic) bond motifs is 1. The molecule has 1 saturated heterocycles. The van der Waals surface area contributed by atoms with E-state index < -0.39 is 6.10 Å². The Bertz CT molecular complexity index is 858. The van der Waals surface area contributed by atoms with Gasteiger partial charge < -0.3 is 20.4 Å². The van der Waals surface area contributed by atoms with Crippen LogP contribution < -0.4 is 5.32 Å². The van der Waals surface area contributed by atoms with Gasteiger partial charge in [0, 0.05) is 25.4 Å². The van der Waals surface area contributed by atoms with Crippen molar-refractivity contribution in [2.45, 2.75) is 64.1 Å². The number of rotatable bonds is 9. The lowest BCUT2D eigenvalue weighted by atomic mass is 9.88. The number of benzene rings is 1. The minimum Gasteiger partial charge on any atom is -0.392 e. The lowest BCUT2D eigenvalue weighted by Crippen LogP contribution is -2.41. The number of hydrogen-bond donors (Lipinski definition) is 3. The topological polar surface area (TPSA) is 72.8 Å². The van der Waals surface area contributed by atoms with Crippen LogP contribution in [0, 0.1) is 24.7 Å². The first-order valence-corrected chi connectivity index (χ1v) is 12.8. The highest BCUT2D eigenvalue weighted by molar-refractivity contribution is 5.78. The normalized spacial score (nSPS) is 28.2. The maximum atomic E-state index is 12.3. The molecule has 0 bridgehead atoms. The zero-order valence-electron chi connectivity index (χ0n) is 20.0. The van der Waals surface area contributed by atoms with E-state index >= 15 is 0 Å². The second-order valence-electron chi connectivity index (χ2n) is 10.3. The summed E-state index contributed by atoms with van der Waals surface area (Å²) in [6, 6.07) is 8.24. The van der Waals surface area contributed by atoms with Crippen molar-refractivity contribution in [2.75, 3.05) is 26.2 Å². The molecule has 3 aliphatic rings. The minimum absolute atomic E-state index is 0.101. The van der Waals surface area contributed by atoms with Crippen LogP contribution in [0.2, 0.25) is 0 Å². The molecular formula is C28H40N2O3. The van der Waals surface area contributed by atoms with E-state index in [2.05, 4.69) is 36.5 Å². The highest BCUT2D eigenvalue weighted by Crippen LogP contribution is 2.47. The summed E-state index contributed by atoms with van der Waals surface area (Å²) >= 11 is 0. The van der Waals surface area contributed by atoms with Crippen molar-refractivity contribution in [3.8, 4) is 0 Å². The Hall–Kier alpha value is -1.95. The summed E-state index contributed by atoms with van der Waals surface area (Å²) in [5, 5.41) is 24.4. The summed E-state index contributed by atoms with van der Waals surface area (Å²) in [4.78, 5) is 14.3. The van der Waals surface area contributed by atoms with Gasteiger partial charge in [0.1, 0.15) is 0 Å². The van der Waals surface area contributed by atoms with Gasteiger partial charge in [-0.1, -0.05) is 53.6 Å². The largest absolute Gasteiger partial charge is 0.392 e. The van der Waals surface area contributed by atoms with E-state index in [-0.39, 0.29) is 17.9 Å². The molecule has 1 aromatic carbocycles. The molecule has 0 unspecified atom stereocenters. The molecule has 0 spiro atoms. The van der Waals surface area contributed by atoms with Crippen LogP contribution in [-0.4, -0.2) is 59.4 Å². The number of hydrogen-bond acceptors (Lipinski definition) is 4. The number of carbonyl (C=O) groups is 1. The SMILES string of the molecule is Cc1cccc(C[C@H](O)/C=C/[C@@H]2[C@H]3CC(CCNCC(=O)N4CCCCC4)=C[C@H]3C[C@H]2O)c1. The predicted molar refractivity (Wildman–Crippen MR) is 132 cm³/mol. The average Bonchev–Trinajstić information content (AvgIpc) is 3.32. The lowest BCUT2D eigenvalue weighted by molar-refractivity contribution is -0.131. The van der Waals surface area contributed by atoms with Crippen LogP contribution in [0.4, 0.5) is 0 Å². The number of aliphatic hydroxyl groups excluding tert-OH is 2. The van der Waals surface area contributed by atoms with Crippen molar-refractivity contribution < 1.29 is 15.0 Å². The van der Waals surface area contributed by atoms with E-state index in [1.165, 1.54) is 17.6 Å². The highest BCUT2D eigenvalue weighted by Gasteiger charge is 2.43. The van der Waals surface area contributed by atoms with Gasteiger partial charge in [-0.2, -0.15) is 0 Å². The second-order valence-corrected chi connectivity index (χ2v) is 10.3. The number of aryl methyl sites for hydroxylation is 1. The first-order chi connectivity index (χ1) is 16.0. The molecule has 5 heteroatoms. The van der Waals surface area contributed by atoms with Crippen LogP contribution in [0.1, 0.15) is 49.7 Å². The first kappa shape index (κ1) is 24.2. The van der Waals surface area contributed by atoms with Crippen LogP contribution in [0.25, 0.3) is 0 Å². The summed E-state index contributed by atoms with van der Waals surface area (Å²) in [6.07, 6.45) is 12.3. The van der Waals surface area contributed by atoms with Crippen molar-refractivity contribution in [2.24, 2.45) is 17.8 Å². The molecule has 1 heterocycles. The molecule has 33 heavy (non-hydrogen) atoms. The summed E-state index contributed by atoms with van der Waals surface area (Å²) in [5.74, 6) is 1.18. The van der Waals surface area contributed by atoms with Crippen molar-refractivity contribution in [3.05, 3.63) is 59.2 Å². The van der Waals surface area contributed by atoms with Crippen LogP contribution in [0.15, 0.2) is 48.1 Å². The Balaban J connectivity index is 1.21. The second kappa shape index (κ2) is 11.5. The number of amides is 1. The maximum absolute atomic E-state index is 12.3. The molecule has 5 atom stereocenters. The molecule has 1 aliphatic heterocycles. The summed E-state index contributed by atoms with van der Waals surface area (Å²) in [7, 11) is 0. The summed E-state index contributed by atoms with van der Waals surface area (Å²) < 4.78 is 0. The zero-order valence-corrected chi connectivity index (χ0v) is 20.0. The minimum atomic E-state index is -0.534. The van der Waals surface area contributed by atoms with Gasteiger partial charge in [-0.15, -0.1) is 0 Å². The lowest BCUT2D eigenvalue weighted by Gasteiger charge is -2.26. The third-order valence-electron chi connectivity index (χ3n) is 7.64. The molecule has 4 rings (SSSR count). The van der Waals surface area contributed by atoms with E-state index in [1.807, 2.05) is 23.1 Å². The van der Waals surface area contributed by atoms with Gasteiger partial charge in [0.05, 0.1) is 18.8 Å². The third kappa shape index (κ3) is 6.56. The molecule has 0 radical (unpaired) electrons.